The first-order chi connectivity index (χ1) is 10.2. The molecule has 1 aliphatic rings. The van der Waals surface area contributed by atoms with Gasteiger partial charge in [0, 0.05) is 6.07 Å². The molecule has 0 radical (unpaired) electrons. The van der Waals surface area contributed by atoms with Gasteiger partial charge in [0.15, 0.2) is 5.58 Å². The van der Waals surface area contributed by atoms with Gasteiger partial charge in [-0.2, -0.15) is 0 Å². The Kier molecular flexibility index (Phi) is 2.89. The van der Waals surface area contributed by atoms with Crippen LogP contribution in [0.2, 0.25) is 5.02 Å². The van der Waals surface area contributed by atoms with Crippen molar-refractivity contribution in [3.63, 3.8) is 0 Å². The van der Waals surface area contributed by atoms with Gasteiger partial charge in [-0.1, -0.05) is 35.9 Å². The van der Waals surface area contributed by atoms with E-state index in [4.69, 9.17) is 21.8 Å². The normalized spacial score (nSPS) is 17.9. The maximum Gasteiger partial charge on any atom is 0.203 e. The maximum absolute atomic E-state index is 6.06. The molecule has 2 N–H and O–H groups in total. The van der Waals surface area contributed by atoms with Gasteiger partial charge in [-0.15, -0.1) is 0 Å². The molecule has 0 spiro atoms. The Balaban J connectivity index is 1.84. The van der Waals surface area contributed by atoms with Crippen molar-refractivity contribution in [2.45, 2.75) is 25.2 Å². The van der Waals surface area contributed by atoms with Gasteiger partial charge >= 0.3 is 0 Å². The molecule has 0 bridgehead atoms. The quantitative estimate of drug-likeness (QED) is 0.671. The second kappa shape index (κ2) is 4.78. The number of nitrogen functional groups attached to an aromatic ring is 1. The Morgan fingerprint density at radius 3 is 3.00 bits per heavy atom. The zero-order valence-electron chi connectivity index (χ0n) is 11.5. The van der Waals surface area contributed by atoms with E-state index in [0.717, 1.165) is 30.7 Å². The molecular weight excluding hydrogens is 284 g/mol. The molecule has 21 heavy (non-hydrogen) atoms. The first-order valence-corrected chi connectivity index (χ1v) is 7.53. The first-order valence-electron chi connectivity index (χ1n) is 7.15. The fourth-order valence-electron chi connectivity index (χ4n) is 3.14. The van der Waals surface area contributed by atoms with Crippen molar-refractivity contribution in [2.24, 2.45) is 0 Å². The molecule has 3 aromatic rings. The summed E-state index contributed by atoms with van der Waals surface area (Å²) in [5.41, 5.74) is 10.6. The molecule has 2 aromatic carbocycles. The number of oxazole rings is 1. The lowest BCUT2D eigenvalue weighted by Gasteiger charge is -2.22. The summed E-state index contributed by atoms with van der Waals surface area (Å²) in [5.74, 6) is 0.987. The van der Waals surface area contributed by atoms with Crippen LogP contribution < -0.4 is 5.73 Å². The van der Waals surface area contributed by atoms with Crippen LogP contribution in [0.5, 0.6) is 0 Å². The van der Waals surface area contributed by atoms with E-state index < -0.39 is 0 Å². The van der Waals surface area contributed by atoms with Crippen LogP contribution in [-0.4, -0.2) is 4.98 Å². The minimum atomic E-state index is 0.224. The second-order valence-electron chi connectivity index (χ2n) is 5.54. The minimum absolute atomic E-state index is 0.224. The van der Waals surface area contributed by atoms with Gasteiger partial charge in [0.05, 0.1) is 16.6 Å². The SMILES string of the molecule is Nc1cc2oc(C3CCCc4ccccc43)nc2cc1Cl. The van der Waals surface area contributed by atoms with E-state index in [2.05, 4.69) is 29.2 Å². The largest absolute Gasteiger partial charge is 0.440 e. The number of rotatable bonds is 1. The summed E-state index contributed by atoms with van der Waals surface area (Å²) in [6, 6.07) is 12.1. The number of nitrogens with zero attached hydrogens (tertiary/aromatic N) is 1. The monoisotopic (exact) mass is 298 g/mol. The molecule has 4 rings (SSSR count). The summed E-state index contributed by atoms with van der Waals surface area (Å²) in [6.45, 7) is 0. The Morgan fingerprint density at radius 1 is 1.24 bits per heavy atom. The van der Waals surface area contributed by atoms with Gasteiger partial charge < -0.3 is 10.2 Å². The lowest BCUT2D eigenvalue weighted by molar-refractivity contribution is 0.465. The van der Waals surface area contributed by atoms with Crippen LogP contribution in [-0.2, 0) is 6.42 Å². The number of benzene rings is 2. The van der Waals surface area contributed by atoms with E-state index in [1.165, 1.54) is 11.1 Å². The number of anilines is 1. The highest BCUT2D eigenvalue weighted by molar-refractivity contribution is 6.33. The summed E-state index contributed by atoms with van der Waals surface area (Å²) in [7, 11) is 0. The third kappa shape index (κ3) is 2.09. The molecule has 3 nitrogen and oxygen atoms in total. The molecule has 4 heteroatoms. The minimum Gasteiger partial charge on any atom is -0.440 e. The Bertz CT molecular complexity index is 786. The standard InChI is InChI=1S/C17H15ClN2O/c18-13-8-15-16(9-14(13)19)21-17(20-15)12-7-3-5-10-4-1-2-6-11(10)12/h1-2,4,6,8-9,12H,3,5,7,19H2. The zero-order chi connectivity index (χ0) is 14.4. The number of halogens is 1. The molecule has 1 atom stereocenters. The molecule has 0 fully saturated rings. The van der Waals surface area contributed by atoms with E-state index in [1.54, 1.807) is 12.1 Å². The molecule has 0 amide bonds. The lowest BCUT2D eigenvalue weighted by atomic mass is 9.83. The van der Waals surface area contributed by atoms with E-state index in [9.17, 15) is 0 Å². The number of aryl methyl sites for hydroxylation is 1. The van der Waals surface area contributed by atoms with Crippen LogP contribution in [0.4, 0.5) is 5.69 Å². The van der Waals surface area contributed by atoms with Gasteiger partial charge in [-0.25, -0.2) is 4.98 Å². The molecule has 0 saturated carbocycles. The van der Waals surface area contributed by atoms with Crippen LogP contribution in [0.3, 0.4) is 0 Å². The number of hydrogen-bond acceptors (Lipinski definition) is 3. The predicted octanol–water partition coefficient (Wildman–Crippen LogP) is 4.53. The fourth-order valence-corrected chi connectivity index (χ4v) is 3.30. The van der Waals surface area contributed by atoms with E-state index >= 15 is 0 Å². The van der Waals surface area contributed by atoms with Crippen molar-refractivity contribution >= 4 is 28.4 Å². The smallest absolute Gasteiger partial charge is 0.203 e. The van der Waals surface area contributed by atoms with Crippen molar-refractivity contribution in [2.75, 3.05) is 5.73 Å². The highest BCUT2D eigenvalue weighted by Gasteiger charge is 2.25. The molecule has 1 aromatic heterocycles. The summed E-state index contributed by atoms with van der Waals surface area (Å²) in [5, 5.41) is 0.520. The van der Waals surface area contributed by atoms with Crippen LogP contribution in [0.25, 0.3) is 11.1 Å². The average molecular weight is 299 g/mol. The Hall–Kier alpha value is -2.00. The molecule has 0 aliphatic heterocycles. The highest BCUT2D eigenvalue weighted by Crippen LogP contribution is 2.38. The van der Waals surface area contributed by atoms with Crippen molar-refractivity contribution in [1.29, 1.82) is 0 Å². The van der Waals surface area contributed by atoms with Crippen molar-refractivity contribution in [3.8, 4) is 0 Å². The first kappa shape index (κ1) is 12.7. The van der Waals surface area contributed by atoms with Gasteiger partial charge in [-0.3, -0.25) is 0 Å². The van der Waals surface area contributed by atoms with Crippen molar-refractivity contribution in [3.05, 3.63) is 58.4 Å². The predicted molar refractivity (Wildman–Crippen MR) is 84.7 cm³/mol. The second-order valence-corrected chi connectivity index (χ2v) is 5.94. The fraction of sp³-hybridized carbons (Fsp3) is 0.235. The number of fused-ring (bicyclic) bond motifs is 2. The molecule has 1 aliphatic carbocycles. The Labute approximate surface area is 127 Å². The molecule has 1 heterocycles. The van der Waals surface area contributed by atoms with E-state index in [0.29, 0.717) is 16.3 Å². The molecule has 0 saturated heterocycles. The number of nitrogens with two attached hydrogens (primary N) is 1. The van der Waals surface area contributed by atoms with Crippen LogP contribution >= 0.6 is 11.6 Å². The third-order valence-electron chi connectivity index (χ3n) is 4.19. The van der Waals surface area contributed by atoms with Crippen LogP contribution in [0.1, 0.15) is 35.8 Å². The highest BCUT2D eigenvalue weighted by atomic mass is 35.5. The molecule has 1 unspecified atom stereocenters. The van der Waals surface area contributed by atoms with Gasteiger partial charge in [0.2, 0.25) is 5.89 Å². The van der Waals surface area contributed by atoms with E-state index in [1.807, 2.05) is 0 Å². The summed E-state index contributed by atoms with van der Waals surface area (Å²) in [6.07, 6.45) is 3.35. The summed E-state index contributed by atoms with van der Waals surface area (Å²) in [4.78, 5) is 4.63. The number of hydrogen-bond donors (Lipinski definition) is 1. The Morgan fingerprint density at radius 2 is 2.10 bits per heavy atom. The molecule has 106 valence electrons. The van der Waals surface area contributed by atoms with Crippen LogP contribution in [0, 0.1) is 0 Å². The third-order valence-corrected chi connectivity index (χ3v) is 4.52. The maximum atomic E-state index is 6.06. The van der Waals surface area contributed by atoms with E-state index in [-0.39, 0.29) is 5.92 Å². The lowest BCUT2D eigenvalue weighted by Crippen LogP contribution is -2.10. The van der Waals surface area contributed by atoms with Crippen molar-refractivity contribution in [1.82, 2.24) is 4.98 Å². The topological polar surface area (TPSA) is 52.0 Å². The van der Waals surface area contributed by atoms with Gasteiger partial charge in [-0.05, 0) is 36.5 Å². The van der Waals surface area contributed by atoms with Gasteiger partial charge in [0.25, 0.3) is 0 Å². The average Bonchev–Trinajstić information content (AvgIpc) is 2.90. The summed E-state index contributed by atoms with van der Waals surface area (Å²) < 4.78 is 5.95. The van der Waals surface area contributed by atoms with Gasteiger partial charge in [0.1, 0.15) is 5.52 Å². The summed E-state index contributed by atoms with van der Waals surface area (Å²) >= 11 is 6.06. The van der Waals surface area contributed by atoms with Crippen LogP contribution in [0.15, 0.2) is 40.8 Å². The number of aromatic nitrogens is 1. The molecular formula is C17H15ClN2O. The zero-order valence-corrected chi connectivity index (χ0v) is 12.2. The van der Waals surface area contributed by atoms with Crippen molar-refractivity contribution < 1.29 is 4.42 Å².